The molecule has 0 spiro atoms. The summed E-state index contributed by atoms with van der Waals surface area (Å²) < 4.78 is 5.75. The van der Waals surface area contributed by atoms with Crippen LogP contribution in [-0.2, 0) is 4.79 Å². The Hall–Kier alpha value is -2.52. The average molecular weight is 357 g/mol. The number of hydrogen-bond donors (Lipinski definition) is 2. The van der Waals surface area contributed by atoms with Crippen molar-refractivity contribution in [1.82, 2.24) is 10.3 Å². The molecule has 1 aromatic heterocycles. The van der Waals surface area contributed by atoms with Crippen molar-refractivity contribution in [3.63, 3.8) is 0 Å². The smallest absolute Gasteiger partial charge is 0.279 e. The minimum Gasteiger partial charge on any atom is -0.431 e. The molecule has 0 bridgehead atoms. The van der Waals surface area contributed by atoms with Crippen molar-refractivity contribution in [1.29, 1.82) is 0 Å². The second kappa shape index (κ2) is 9.09. The van der Waals surface area contributed by atoms with E-state index < -0.39 is 0 Å². The van der Waals surface area contributed by atoms with Gasteiger partial charge in [0.15, 0.2) is 0 Å². The fraction of sp³-hybridized carbons (Fsp3) is 0.368. The molecule has 0 fully saturated rings. The summed E-state index contributed by atoms with van der Waals surface area (Å²) in [5.74, 6) is 7.19. The Morgan fingerprint density at radius 2 is 2.00 bits per heavy atom. The lowest BCUT2D eigenvalue weighted by molar-refractivity contribution is -0.119. The molecule has 0 radical (unpaired) electrons. The van der Waals surface area contributed by atoms with Crippen LogP contribution < -0.4 is 15.4 Å². The summed E-state index contributed by atoms with van der Waals surface area (Å²) in [6.45, 7) is 8.59. The first kappa shape index (κ1) is 18.8. The van der Waals surface area contributed by atoms with Gasteiger partial charge in [0.1, 0.15) is 10.6 Å². The van der Waals surface area contributed by atoms with Gasteiger partial charge in [-0.25, -0.2) is 4.98 Å². The summed E-state index contributed by atoms with van der Waals surface area (Å²) in [5, 5.41) is 6.62. The summed E-state index contributed by atoms with van der Waals surface area (Å²) in [5.41, 5.74) is 1.07. The Balaban J connectivity index is 1.92. The summed E-state index contributed by atoms with van der Waals surface area (Å²) in [4.78, 5) is 16.0. The van der Waals surface area contributed by atoms with E-state index in [9.17, 15) is 4.79 Å². The van der Waals surface area contributed by atoms with E-state index in [1.165, 1.54) is 18.3 Å². The van der Waals surface area contributed by atoms with Crippen LogP contribution in [0.4, 0.5) is 5.69 Å². The average Bonchev–Trinajstić information content (AvgIpc) is 2.99. The molecule has 0 aliphatic carbocycles. The zero-order valence-electron chi connectivity index (χ0n) is 14.9. The molecule has 1 heterocycles. The number of nitrogens with zero attached hydrogens (tertiary/aromatic N) is 1. The fourth-order valence-electron chi connectivity index (χ4n) is 1.95. The lowest BCUT2D eigenvalue weighted by Gasteiger charge is -2.09. The summed E-state index contributed by atoms with van der Waals surface area (Å²) >= 11 is 1.37. The Bertz CT molecular complexity index is 757. The van der Waals surface area contributed by atoms with Gasteiger partial charge in [0.05, 0.1) is 12.2 Å². The van der Waals surface area contributed by atoms with E-state index in [0.717, 1.165) is 22.9 Å². The standard InChI is InChI=1S/C19H23N3O2S/c1-13(2)11-20-16-6-8-17(9-7-16)24-19-21-12-18(25-19)10-5-14(3)22-15(4)23/h6-9,12-14,20H,11H2,1-4H3,(H,22,23). The highest BCUT2D eigenvalue weighted by molar-refractivity contribution is 7.13. The van der Waals surface area contributed by atoms with Gasteiger partial charge >= 0.3 is 0 Å². The second-order valence-electron chi connectivity index (χ2n) is 6.08. The first-order valence-electron chi connectivity index (χ1n) is 8.18. The highest BCUT2D eigenvalue weighted by Crippen LogP contribution is 2.27. The van der Waals surface area contributed by atoms with Gasteiger partial charge in [-0.15, -0.1) is 0 Å². The highest BCUT2D eigenvalue weighted by Gasteiger charge is 2.04. The van der Waals surface area contributed by atoms with E-state index in [1.54, 1.807) is 6.20 Å². The van der Waals surface area contributed by atoms with Gasteiger partial charge in [-0.05, 0) is 37.1 Å². The number of thiazole rings is 1. The van der Waals surface area contributed by atoms with E-state index in [4.69, 9.17) is 4.74 Å². The maximum absolute atomic E-state index is 11.0. The molecule has 25 heavy (non-hydrogen) atoms. The van der Waals surface area contributed by atoms with Gasteiger partial charge in [0.2, 0.25) is 5.91 Å². The summed E-state index contributed by atoms with van der Waals surface area (Å²) in [7, 11) is 0. The lowest BCUT2D eigenvalue weighted by Crippen LogP contribution is -2.28. The van der Waals surface area contributed by atoms with E-state index in [-0.39, 0.29) is 11.9 Å². The topological polar surface area (TPSA) is 63.2 Å². The van der Waals surface area contributed by atoms with Crippen LogP contribution >= 0.6 is 11.3 Å². The number of anilines is 1. The predicted molar refractivity (Wildman–Crippen MR) is 102 cm³/mol. The number of carbonyl (C=O) groups is 1. The molecule has 2 aromatic rings. The maximum Gasteiger partial charge on any atom is 0.279 e. The first-order valence-corrected chi connectivity index (χ1v) is 9.00. The molecule has 6 heteroatoms. The van der Waals surface area contributed by atoms with Crippen LogP contribution in [0.2, 0.25) is 0 Å². The molecule has 1 aromatic carbocycles. The maximum atomic E-state index is 11.0. The Kier molecular flexibility index (Phi) is 6.84. The normalized spacial score (nSPS) is 11.4. The molecule has 0 saturated carbocycles. The first-order chi connectivity index (χ1) is 11.9. The van der Waals surface area contributed by atoms with Crippen LogP contribution in [0, 0.1) is 17.8 Å². The second-order valence-corrected chi connectivity index (χ2v) is 7.08. The van der Waals surface area contributed by atoms with Crippen molar-refractivity contribution in [2.75, 3.05) is 11.9 Å². The predicted octanol–water partition coefficient (Wildman–Crippen LogP) is 3.88. The van der Waals surface area contributed by atoms with Gasteiger partial charge in [-0.1, -0.05) is 37.0 Å². The lowest BCUT2D eigenvalue weighted by atomic mass is 10.2. The van der Waals surface area contributed by atoms with Crippen molar-refractivity contribution >= 4 is 22.9 Å². The molecule has 1 atom stereocenters. The third-order valence-electron chi connectivity index (χ3n) is 3.09. The quantitative estimate of drug-likeness (QED) is 0.770. The van der Waals surface area contributed by atoms with Gasteiger partial charge in [-0.2, -0.15) is 0 Å². The number of nitrogens with one attached hydrogen (secondary N) is 2. The summed E-state index contributed by atoms with van der Waals surface area (Å²) in [6, 6.07) is 7.60. The number of amides is 1. The largest absolute Gasteiger partial charge is 0.431 e. The third kappa shape index (κ3) is 6.86. The molecular formula is C19H23N3O2S. The van der Waals surface area contributed by atoms with Crippen molar-refractivity contribution in [2.45, 2.75) is 33.7 Å². The van der Waals surface area contributed by atoms with E-state index in [0.29, 0.717) is 11.1 Å². The molecule has 2 rings (SSSR count). The minimum absolute atomic E-state index is 0.0959. The number of ether oxygens (including phenoxy) is 1. The van der Waals surface area contributed by atoms with E-state index in [1.807, 2.05) is 31.2 Å². The molecule has 132 valence electrons. The molecule has 0 saturated heterocycles. The molecular weight excluding hydrogens is 334 g/mol. The van der Waals surface area contributed by atoms with Crippen LogP contribution in [-0.4, -0.2) is 23.5 Å². The van der Waals surface area contributed by atoms with Crippen molar-refractivity contribution in [2.24, 2.45) is 5.92 Å². The molecule has 0 aliphatic rings. The third-order valence-corrected chi connectivity index (χ3v) is 3.88. The molecule has 2 N–H and O–H groups in total. The Morgan fingerprint density at radius 1 is 1.28 bits per heavy atom. The van der Waals surface area contributed by atoms with E-state index >= 15 is 0 Å². The fourth-order valence-corrected chi connectivity index (χ4v) is 2.59. The minimum atomic E-state index is -0.199. The summed E-state index contributed by atoms with van der Waals surface area (Å²) in [6.07, 6.45) is 1.67. The molecule has 1 unspecified atom stereocenters. The Morgan fingerprint density at radius 3 is 2.64 bits per heavy atom. The molecule has 0 aliphatic heterocycles. The van der Waals surface area contributed by atoms with Crippen LogP contribution in [0.25, 0.3) is 0 Å². The number of rotatable bonds is 6. The van der Waals surface area contributed by atoms with Crippen LogP contribution in [0.5, 0.6) is 10.9 Å². The van der Waals surface area contributed by atoms with Gasteiger partial charge in [0, 0.05) is 19.2 Å². The van der Waals surface area contributed by atoms with Crippen LogP contribution in [0.1, 0.15) is 32.6 Å². The number of hydrogen-bond acceptors (Lipinski definition) is 5. The highest BCUT2D eigenvalue weighted by atomic mass is 32.1. The number of carbonyl (C=O) groups excluding carboxylic acids is 1. The van der Waals surface area contributed by atoms with Gasteiger partial charge in [-0.3, -0.25) is 4.79 Å². The van der Waals surface area contributed by atoms with Crippen molar-refractivity contribution in [3.8, 4) is 22.8 Å². The van der Waals surface area contributed by atoms with Crippen molar-refractivity contribution in [3.05, 3.63) is 35.3 Å². The van der Waals surface area contributed by atoms with E-state index in [2.05, 4.69) is 41.3 Å². The van der Waals surface area contributed by atoms with Crippen molar-refractivity contribution < 1.29 is 9.53 Å². The molecule has 5 nitrogen and oxygen atoms in total. The number of benzene rings is 1. The SMILES string of the molecule is CC(=O)NC(C)C#Cc1cnc(Oc2ccc(NCC(C)C)cc2)s1. The van der Waals surface area contributed by atoms with Gasteiger partial charge in [0.25, 0.3) is 5.19 Å². The van der Waals surface area contributed by atoms with Crippen LogP contribution in [0.15, 0.2) is 30.5 Å². The monoisotopic (exact) mass is 357 g/mol. The number of aromatic nitrogens is 1. The van der Waals surface area contributed by atoms with Crippen LogP contribution in [0.3, 0.4) is 0 Å². The zero-order valence-corrected chi connectivity index (χ0v) is 15.7. The Labute approximate surface area is 152 Å². The van der Waals surface area contributed by atoms with Gasteiger partial charge < -0.3 is 15.4 Å². The zero-order chi connectivity index (χ0) is 18.2. The molecule has 1 amide bonds.